The molecule has 2 N–H and O–H groups in total. The zero-order valence-electron chi connectivity index (χ0n) is 12.1. The fourth-order valence-corrected chi connectivity index (χ4v) is 2.67. The maximum Gasteiger partial charge on any atom is 0.240 e. The number of hydrogen-bond acceptors (Lipinski definition) is 3. The Morgan fingerprint density at radius 2 is 1.90 bits per heavy atom. The zero-order chi connectivity index (χ0) is 14.6. The Bertz CT molecular complexity index is 453. The minimum Gasteiger partial charge on any atom is -0.350 e. The predicted octanol–water partition coefficient (Wildman–Crippen LogP) is 1.64. The molecule has 1 heterocycles. The van der Waals surface area contributed by atoms with Gasteiger partial charge in [0.1, 0.15) is 5.54 Å². The van der Waals surface area contributed by atoms with E-state index >= 15 is 0 Å². The van der Waals surface area contributed by atoms with Crippen LogP contribution in [0.3, 0.4) is 0 Å². The Labute approximate surface area is 125 Å². The van der Waals surface area contributed by atoms with E-state index < -0.39 is 5.54 Å². The summed E-state index contributed by atoms with van der Waals surface area (Å²) < 4.78 is 0. The molecule has 0 spiro atoms. The summed E-state index contributed by atoms with van der Waals surface area (Å²) in [5.41, 5.74) is 0.626. The van der Waals surface area contributed by atoms with Gasteiger partial charge in [-0.2, -0.15) is 0 Å². The molecule has 110 valence electrons. The van der Waals surface area contributed by atoms with Gasteiger partial charge >= 0.3 is 0 Å². The van der Waals surface area contributed by atoms with E-state index in [1.54, 1.807) is 0 Å². The van der Waals surface area contributed by atoms with Gasteiger partial charge in [-0.05, 0) is 44.6 Å². The molecule has 0 bridgehead atoms. The number of halogens is 1. The Balaban J connectivity index is 1.94. The van der Waals surface area contributed by atoms with E-state index in [0.29, 0.717) is 11.6 Å². The molecule has 0 unspecified atom stereocenters. The molecule has 1 amide bonds. The number of carbonyl (C=O) groups is 1. The summed E-state index contributed by atoms with van der Waals surface area (Å²) in [7, 11) is 3.96. The van der Waals surface area contributed by atoms with E-state index in [0.717, 1.165) is 31.5 Å². The number of hydrogen-bond donors (Lipinski definition) is 2. The summed E-state index contributed by atoms with van der Waals surface area (Å²) in [5.74, 6) is 0.0862. The molecular weight excluding hydrogens is 274 g/mol. The topological polar surface area (TPSA) is 44.4 Å². The number of rotatable bonds is 4. The highest BCUT2D eigenvalue weighted by Crippen LogP contribution is 2.21. The molecule has 1 aliphatic heterocycles. The second kappa shape index (κ2) is 6.57. The minimum absolute atomic E-state index is 0.0862. The van der Waals surface area contributed by atoms with Crippen LogP contribution < -0.4 is 10.6 Å². The third-order valence-corrected chi connectivity index (χ3v) is 4.37. The van der Waals surface area contributed by atoms with E-state index in [2.05, 4.69) is 22.6 Å². The van der Waals surface area contributed by atoms with Crippen LogP contribution in [0.1, 0.15) is 18.4 Å². The average molecular weight is 296 g/mol. The number of amides is 1. The molecule has 5 heteroatoms. The van der Waals surface area contributed by atoms with Crippen molar-refractivity contribution in [2.24, 2.45) is 0 Å². The second-order valence-corrected chi connectivity index (χ2v) is 5.88. The van der Waals surface area contributed by atoms with Gasteiger partial charge in [-0.3, -0.25) is 4.79 Å². The summed E-state index contributed by atoms with van der Waals surface area (Å²) in [6.07, 6.45) is 1.68. The van der Waals surface area contributed by atoms with Crippen molar-refractivity contribution in [3.05, 3.63) is 34.9 Å². The molecule has 1 aliphatic rings. The summed E-state index contributed by atoms with van der Waals surface area (Å²) in [6, 6.07) is 7.55. The van der Waals surface area contributed by atoms with Gasteiger partial charge in [-0.25, -0.2) is 0 Å². The number of nitrogens with one attached hydrogen (secondary N) is 2. The molecule has 1 aromatic rings. The lowest BCUT2D eigenvalue weighted by molar-refractivity contribution is -0.129. The van der Waals surface area contributed by atoms with Crippen molar-refractivity contribution in [2.75, 3.05) is 27.2 Å². The first kappa shape index (κ1) is 15.3. The monoisotopic (exact) mass is 295 g/mol. The predicted molar refractivity (Wildman–Crippen MR) is 81.8 cm³/mol. The fourth-order valence-electron chi connectivity index (χ4n) is 2.54. The average Bonchev–Trinajstić information content (AvgIpc) is 2.47. The molecule has 0 saturated carbocycles. The second-order valence-electron chi connectivity index (χ2n) is 5.44. The van der Waals surface area contributed by atoms with Crippen LogP contribution in [0.5, 0.6) is 0 Å². The Morgan fingerprint density at radius 3 is 2.45 bits per heavy atom. The molecule has 1 saturated heterocycles. The molecule has 0 aliphatic carbocycles. The van der Waals surface area contributed by atoms with E-state index in [9.17, 15) is 4.79 Å². The molecule has 0 atom stereocenters. The largest absolute Gasteiger partial charge is 0.350 e. The third-order valence-electron chi connectivity index (χ3n) is 4.12. The zero-order valence-corrected chi connectivity index (χ0v) is 12.8. The molecule has 0 radical (unpaired) electrons. The van der Waals surface area contributed by atoms with Gasteiger partial charge in [-0.15, -0.1) is 0 Å². The van der Waals surface area contributed by atoms with Crippen LogP contribution in [0.25, 0.3) is 0 Å². The maximum absolute atomic E-state index is 12.5. The first-order valence-corrected chi connectivity index (χ1v) is 7.34. The normalized spacial score (nSPS) is 18.8. The highest BCUT2D eigenvalue weighted by Gasteiger charge is 2.38. The molecular formula is C15H22ClN3O. The van der Waals surface area contributed by atoms with Crippen LogP contribution in [-0.4, -0.2) is 43.5 Å². The quantitative estimate of drug-likeness (QED) is 0.888. The summed E-state index contributed by atoms with van der Waals surface area (Å²) in [4.78, 5) is 14.7. The van der Waals surface area contributed by atoms with Crippen LogP contribution >= 0.6 is 11.6 Å². The van der Waals surface area contributed by atoms with Gasteiger partial charge in [-0.1, -0.05) is 23.7 Å². The van der Waals surface area contributed by atoms with E-state index in [4.69, 9.17) is 11.6 Å². The Hall–Kier alpha value is -1.10. The van der Waals surface area contributed by atoms with Crippen molar-refractivity contribution in [3.8, 4) is 0 Å². The molecule has 4 nitrogen and oxygen atoms in total. The Kier molecular flexibility index (Phi) is 5.02. The first-order valence-electron chi connectivity index (χ1n) is 6.96. The van der Waals surface area contributed by atoms with Crippen molar-refractivity contribution >= 4 is 17.5 Å². The van der Waals surface area contributed by atoms with Crippen molar-refractivity contribution < 1.29 is 4.79 Å². The number of likely N-dealkylation sites (N-methyl/N-ethyl adjacent to an activating group) is 1. The van der Waals surface area contributed by atoms with Crippen LogP contribution in [-0.2, 0) is 11.3 Å². The smallest absolute Gasteiger partial charge is 0.240 e. The molecule has 1 fully saturated rings. The Morgan fingerprint density at radius 1 is 1.30 bits per heavy atom. The van der Waals surface area contributed by atoms with E-state index in [-0.39, 0.29) is 5.91 Å². The van der Waals surface area contributed by atoms with Crippen molar-refractivity contribution in [3.63, 3.8) is 0 Å². The van der Waals surface area contributed by atoms with Gasteiger partial charge in [0.15, 0.2) is 0 Å². The number of likely N-dealkylation sites (tertiary alicyclic amines) is 1. The summed E-state index contributed by atoms with van der Waals surface area (Å²) in [6.45, 7) is 2.42. The number of benzene rings is 1. The maximum atomic E-state index is 12.5. The highest BCUT2D eigenvalue weighted by molar-refractivity contribution is 6.30. The lowest BCUT2D eigenvalue weighted by atomic mass is 9.86. The lowest BCUT2D eigenvalue weighted by Crippen LogP contribution is -2.60. The summed E-state index contributed by atoms with van der Waals surface area (Å²) >= 11 is 5.85. The number of nitrogens with zero attached hydrogens (tertiary/aromatic N) is 1. The van der Waals surface area contributed by atoms with Gasteiger partial charge in [0.2, 0.25) is 5.91 Å². The third kappa shape index (κ3) is 3.51. The van der Waals surface area contributed by atoms with Gasteiger partial charge in [0.25, 0.3) is 0 Å². The molecule has 0 aromatic heterocycles. The van der Waals surface area contributed by atoms with Gasteiger partial charge in [0.05, 0.1) is 0 Å². The lowest BCUT2D eigenvalue weighted by Gasteiger charge is -2.39. The van der Waals surface area contributed by atoms with Crippen molar-refractivity contribution in [2.45, 2.75) is 24.9 Å². The van der Waals surface area contributed by atoms with Crippen LogP contribution in [0.15, 0.2) is 24.3 Å². The van der Waals surface area contributed by atoms with Gasteiger partial charge < -0.3 is 15.5 Å². The van der Waals surface area contributed by atoms with Gasteiger partial charge in [0, 0.05) is 24.7 Å². The SMILES string of the molecule is CNC1(C(=O)NCc2ccc(Cl)cc2)CCN(C)CC1. The summed E-state index contributed by atoms with van der Waals surface area (Å²) in [5, 5.41) is 6.97. The molecule has 1 aromatic carbocycles. The van der Waals surface area contributed by atoms with Crippen molar-refractivity contribution in [1.82, 2.24) is 15.5 Å². The number of carbonyl (C=O) groups excluding carboxylic acids is 1. The minimum atomic E-state index is -0.432. The number of piperidine rings is 1. The van der Waals surface area contributed by atoms with E-state index in [1.165, 1.54) is 0 Å². The first-order chi connectivity index (χ1) is 9.55. The highest BCUT2D eigenvalue weighted by atomic mass is 35.5. The molecule has 2 rings (SSSR count). The fraction of sp³-hybridized carbons (Fsp3) is 0.533. The van der Waals surface area contributed by atoms with Crippen LogP contribution in [0, 0.1) is 0 Å². The van der Waals surface area contributed by atoms with E-state index in [1.807, 2.05) is 31.3 Å². The standard InChI is InChI=1S/C15H22ClN3O/c1-17-15(7-9-19(2)10-8-15)14(20)18-11-12-3-5-13(16)6-4-12/h3-6,17H,7-11H2,1-2H3,(H,18,20). The van der Waals surface area contributed by atoms with Crippen LogP contribution in [0.2, 0.25) is 5.02 Å². The van der Waals surface area contributed by atoms with Crippen molar-refractivity contribution in [1.29, 1.82) is 0 Å². The molecule has 20 heavy (non-hydrogen) atoms. The van der Waals surface area contributed by atoms with Crippen LogP contribution in [0.4, 0.5) is 0 Å².